The highest BCUT2D eigenvalue weighted by Gasteiger charge is 2.01. The third kappa shape index (κ3) is 8.35. The van der Waals surface area contributed by atoms with E-state index >= 15 is 0 Å². The molecule has 1 aromatic rings. The highest BCUT2D eigenvalue weighted by Crippen LogP contribution is 2.05. The highest BCUT2D eigenvalue weighted by atomic mass is 16.5. The van der Waals surface area contributed by atoms with Crippen LogP contribution in [0.1, 0.15) is 44.1 Å². The van der Waals surface area contributed by atoms with Crippen LogP contribution in [-0.2, 0) is 11.3 Å². The number of carbonyl (C=O) groups is 1. The van der Waals surface area contributed by atoms with E-state index in [1.165, 1.54) is 19.3 Å². The van der Waals surface area contributed by atoms with Crippen LogP contribution >= 0.6 is 0 Å². The van der Waals surface area contributed by atoms with Crippen molar-refractivity contribution in [2.75, 3.05) is 6.54 Å². The number of ether oxygens (including phenoxy) is 1. The second kappa shape index (κ2) is 11.1. The first-order chi connectivity index (χ1) is 9.83. The van der Waals surface area contributed by atoms with Crippen molar-refractivity contribution in [3.05, 3.63) is 48.6 Å². The van der Waals surface area contributed by atoms with Crippen molar-refractivity contribution in [1.29, 1.82) is 0 Å². The first kappa shape index (κ1) is 16.3. The lowest BCUT2D eigenvalue weighted by atomic mass is 10.1. The molecule has 1 rings (SSSR count). The Morgan fingerprint density at radius 1 is 1.10 bits per heavy atom. The number of hydrogen-bond acceptors (Lipinski definition) is 2. The Morgan fingerprint density at radius 2 is 1.80 bits per heavy atom. The Morgan fingerprint density at radius 3 is 2.55 bits per heavy atom. The molecule has 1 amide bonds. The monoisotopic (exact) mass is 275 g/mol. The Bertz CT molecular complexity index is 376. The minimum Gasteiger partial charge on any atom is -0.445 e. The van der Waals surface area contributed by atoms with Gasteiger partial charge in [-0.2, -0.15) is 0 Å². The van der Waals surface area contributed by atoms with E-state index in [1.807, 2.05) is 36.4 Å². The van der Waals surface area contributed by atoms with Gasteiger partial charge in [-0.1, -0.05) is 55.7 Å². The van der Waals surface area contributed by atoms with Gasteiger partial charge in [-0.05, 0) is 24.8 Å². The minimum absolute atomic E-state index is 0.328. The lowest BCUT2D eigenvalue weighted by Crippen LogP contribution is -2.25. The Kier molecular flexibility index (Phi) is 9.03. The van der Waals surface area contributed by atoms with Gasteiger partial charge in [0.05, 0.1) is 0 Å². The maximum absolute atomic E-state index is 11.4. The molecular weight excluding hydrogens is 250 g/mol. The molecule has 0 saturated heterocycles. The maximum Gasteiger partial charge on any atom is 0.407 e. The van der Waals surface area contributed by atoms with Crippen molar-refractivity contribution in [2.24, 2.45) is 0 Å². The largest absolute Gasteiger partial charge is 0.445 e. The zero-order chi connectivity index (χ0) is 14.5. The third-order valence-corrected chi connectivity index (χ3v) is 3.07. The molecule has 20 heavy (non-hydrogen) atoms. The smallest absolute Gasteiger partial charge is 0.407 e. The zero-order valence-electron chi connectivity index (χ0n) is 12.1. The van der Waals surface area contributed by atoms with Crippen molar-refractivity contribution < 1.29 is 9.53 Å². The fourth-order valence-corrected chi connectivity index (χ4v) is 1.91. The molecule has 3 heteroatoms. The third-order valence-electron chi connectivity index (χ3n) is 3.07. The van der Waals surface area contributed by atoms with E-state index in [-0.39, 0.29) is 6.09 Å². The number of unbranched alkanes of at least 4 members (excludes halogenated alkanes) is 5. The standard InChI is InChI=1S/C17H25NO2/c1-2-3-4-5-6-7-11-14-18-17(19)20-15-16-12-9-8-10-13-16/h2,8-10,12-13H,1,3-7,11,14-15H2,(H,18,19). The van der Waals surface area contributed by atoms with Gasteiger partial charge < -0.3 is 10.1 Å². The summed E-state index contributed by atoms with van der Waals surface area (Å²) in [6.07, 6.45) is 8.56. The summed E-state index contributed by atoms with van der Waals surface area (Å²) >= 11 is 0. The molecule has 0 saturated carbocycles. The normalized spacial score (nSPS) is 10.0. The van der Waals surface area contributed by atoms with Gasteiger partial charge in [0.1, 0.15) is 6.61 Å². The molecule has 0 atom stereocenters. The molecule has 0 aliphatic heterocycles. The summed E-state index contributed by atoms with van der Waals surface area (Å²) in [5, 5.41) is 2.78. The molecule has 110 valence electrons. The number of benzene rings is 1. The molecule has 0 aliphatic rings. The molecule has 3 nitrogen and oxygen atoms in total. The van der Waals surface area contributed by atoms with Gasteiger partial charge in [0.2, 0.25) is 0 Å². The Balaban J connectivity index is 1.94. The summed E-state index contributed by atoms with van der Waals surface area (Å²) in [4.78, 5) is 11.4. The summed E-state index contributed by atoms with van der Waals surface area (Å²) in [6.45, 7) is 4.72. The number of amides is 1. The molecular formula is C17H25NO2. The van der Waals surface area contributed by atoms with Crippen LogP contribution in [0.3, 0.4) is 0 Å². The second-order valence-corrected chi connectivity index (χ2v) is 4.83. The lowest BCUT2D eigenvalue weighted by molar-refractivity contribution is 0.139. The zero-order valence-corrected chi connectivity index (χ0v) is 12.1. The number of rotatable bonds is 10. The number of carbonyl (C=O) groups excluding carboxylic acids is 1. The predicted molar refractivity (Wildman–Crippen MR) is 82.5 cm³/mol. The van der Waals surface area contributed by atoms with Gasteiger partial charge in [0.15, 0.2) is 0 Å². The molecule has 1 N–H and O–H groups in total. The van der Waals surface area contributed by atoms with E-state index in [9.17, 15) is 4.79 Å². The van der Waals surface area contributed by atoms with Gasteiger partial charge in [-0.15, -0.1) is 6.58 Å². The molecule has 0 spiro atoms. The van der Waals surface area contributed by atoms with Crippen LogP contribution in [0.2, 0.25) is 0 Å². The number of nitrogens with one attached hydrogen (secondary N) is 1. The second-order valence-electron chi connectivity index (χ2n) is 4.83. The van der Waals surface area contributed by atoms with Crippen molar-refractivity contribution in [3.8, 4) is 0 Å². The van der Waals surface area contributed by atoms with Crippen molar-refractivity contribution >= 4 is 6.09 Å². The summed E-state index contributed by atoms with van der Waals surface area (Å²) in [5.41, 5.74) is 1.00. The van der Waals surface area contributed by atoms with Crippen LogP contribution < -0.4 is 5.32 Å². The van der Waals surface area contributed by atoms with Gasteiger partial charge in [0.25, 0.3) is 0 Å². The van der Waals surface area contributed by atoms with Crippen molar-refractivity contribution in [2.45, 2.75) is 45.1 Å². The highest BCUT2D eigenvalue weighted by molar-refractivity contribution is 5.67. The molecule has 0 fully saturated rings. The summed E-state index contributed by atoms with van der Waals surface area (Å²) in [5.74, 6) is 0. The fourth-order valence-electron chi connectivity index (χ4n) is 1.91. The van der Waals surface area contributed by atoms with Gasteiger partial charge >= 0.3 is 6.09 Å². The lowest BCUT2D eigenvalue weighted by Gasteiger charge is -2.07. The number of alkyl carbamates (subject to hydrolysis) is 1. The number of hydrogen-bond donors (Lipinski definition) is 1. The molecule has 0 aromatic heterocycles. The topological polar surface area (TPSA) is 38.3 Å². The fraction of sp³-hybridized carbons (Fsp3) is 0.471. The molecule has 1 aromatic carbocycles. The molecule has 0 heterocycles. The molecule has 0 aliphatic carbocycles. The average Bonchev–Trinajstić information content (AvgIpc) is 2.49. The van der Waals surface area contributed by atoms with Crippen LogP contribution in [-0.4, -0.2) is 12.6 Å². The molecule has 0 radical (unpaired) electrons. The van der Waals surface area contributed by atoms with E-state index in [0.717, 1.165) is 24.8 Å². The van der Waals surface area contributed by atoms with E-state index in [4.69, 9.17) is 4.74 Å². The number of allylic oxidation sites excluding steroid dienone is 1. The van der Waals surface area contributed by atoms with Crippen molar-refractivity contribution in [3.63, 3.8) is 0 Å². The minimum atomic E-state index is -0.333. The molecule has 0 unspecified atom stereocenters. The van der Waals surface area contributed by atoms with Gasteiger partial charge in [0, 0.05) is 6.54 Å². The van der Waals surface area contributed by atoms with E-state index in [2.05, 4.69) is 11.9 Å². The Hall–Kier alpha value is -1.77. The SMILES string of the molecule is C=CCCCCCCCNC(=O)OCc1ccccc1. The van der Waals surface area contributed by atoms with Crippen LogP contribution in [0.5, 0.6) is 0 Å². The van der Waals surface area contributed by atoms with E-state index in [1.54, 1.807) is 0 Å². The van der Waals surface area contributed by atoms with Crippen LogP contribution in [0, 0.1) is 0 Å². The van der Waals surface area contributed by atoms with Crippen molar-refractivity contribution in [1.82, 2.24) is 5.32 Å². The van der Waals surface area contributed by atoms with Gasteiger partial charge in [-0.3, -0.25) is 0 Å². The first-order valence-corrected chi connectivity index (χ1v) is 7.38. The van der Waals surface area contributed by atoms with Crippen LogP contribution in [0.4, 0.5) is 4.79 Å². The van der Waals surface area contributed by atoms with E-state index < -0.39 is 0 Å². The average molecular weight is 275 g/mol. The molecule has 0 bridgehead atoms. The first-order valence-electron chi connectivity index (χ1n) is 7.38. The summed E-state index contributed by atoms with van der Waals surface area (Å²) in [7, 11) is 0. The van der Waals surface area contributed by atoms with Gasteiger partial charge in [-0.25, -0.2) is 4.79 Å². The Labute approximate surface area is 122 Å². The maximum atomic E-state index is 11.4. The predicted octanol–water partition coefficient (Wildman–Crippen LogP) is 4.44. The van der Waals surface area contributed by atoms with Crippen LogP contribution in [0.25, 0.3) is 0 Å². The van der Waals surface area contributed by atoms with Crippen LogP contribution in [0.15, 0.2) is 43.0 Å². The summed E-state index contributed by atoms with van der Waals surface area (Å²) in [6, 6.07) is 9.69. The summed E-state index contributed by atoms with van der Waals surface area (Å²) < 4.78 is 5.13. The quantitative estimate of drug-likeness (QED) is 0.506. The van der Waals surface area contributed by atoms with E-state index in [0.29, 0.717) is 13.2 Å².